The molecule has 1 aromatic carbocycles. The minimum atomic E-state index is -0.465. The molecule has 0 fully saturated rings. The smallest absolute Gasteiger partial charge is 0.137 e. The lowest BCUT2D eigenvalue weighted by atomic mass is 10.2. The summed E-state index contributed by atoms with van der Waals surface area (Å²) in [5.41, 5.74) is 0.196. The molecule has 0 atom stereocenters. The molecule has 5 heteroatoms. The summed E-state index contributed by atoms with van der Waals surface area (Å²) in [7, 11) is 1.72. The minimum Gasteiger partial charge on any atom is -0.372 e. The van der Waals surface area contributed by atoms with Crippen molar-refractivity contribution in [2.75, 3.05) is 12.4 Å². The first kappa shape index (κ1) is 10.0. The Bertz CT molecular complexity index is 482. The van der Waals surface area contributed by atoms with Gasteiger partial charge in [0.15, 0.2) is 0 Å². The van der Waals surface area contributed by atoms with Crippen LogP contribution in [0.3, 0.4) is 0 Å². The fraction of sp³-hybridized carbons (Fsp3) is 0.100. The predicted molar refractivity (Wildman–Crippen MR) is 57.0 cm³/mol. The van der Waals surface area contributed by atoms with Gasteiger partial charge < -0.3 is 5.32 Å². The molecule has 0 radical (unpaired) electrons. The number of nitrogens with zero attached hydrogens (tertiary/aromatic N) is 1. The maximum absolute atomic E-state index is 13.3. The van der Waals surface area contributed by atoms with Gasteiger partial charge in [-0.25, -0.2) is 13.8 Å². The van der Waals surface area contributed by atoms with E-state index in [0.29, 0.717) is 10.8 Å². The summed E-state index contributed by atoms with van der Waals surface area (Å²) < 4.78 is 26.3. The van der Waals surface area contributed by atoms with E-state index in [1.54, 1.807) is 12.4 Å². The molecule has 1 heterocycles. The molecule has 15 heavy (non-hydrogen) atoms. The first-order chi connectivity index (χ1) is 7.20. The SMILES string of the molecule is CNc1csc(-c2cc(F)ccc2F)n1. The van der Waals surface area contributed by atoms with Gasteiger partial charge in [-0.15, -0.1) is 11.3 Å². The summed E-state index contributed by atoms with van der Waals surface area (Å²) in [5, 5.41) is 5.05. The van der Waals surface area contributed by atoms with Gasteiger partial charge in [-0.3, -0.25) is 0 Å². The van der Waals surface area contributed by atoms with Gasteiger partial charge in [-0.2, -0.15) is 0 Å². The summed E-state index contributed by atoms with van der Waals surface area (Å²) in [6, 6.07) is 3.34. The monoisotopic (exact) mass is 226 g/mol. The van der Waals surface area contributed by atoms with Gasteiger partial charge in [-0.05, 0) is 18.2 Å². The normalized spacial score (nSPS) is 10.3. The Morgan fingerprint density at radius 1 is 1.33 bits per heavy atom. The second kappa shape index (κ2) is 3.94. The fourth-order valence-electron chi connectivity index (χ4n) is 1.17. The lowest BCUT2D eigenvalue weighted by molar-refractivity contribution is 0.603. The van der Waals surface area contributed by atoms with E-state index in [9.17, 15) is 8.78 Å². The Morgan fingerprint density at radius 3 is 2.80 bits per heavy atom. The second-order valence-electron chi connectivity index (χ2n) is 2.91. The van der Waals surface area contributed by atoms with Crippen molar-refractivity contribution in [2.45, 2.75) is 0 Å². The lowest BCUT2D eigenvalue weighted by Gasteiger charge is -1.98. The van der Waals surface area contributed by atoms with Crippen LogP contribution in [0.25, 0.3) is 10.6 Å². The Kier molecular flexibility index (Phi) is 2.64. The van der Waals surface area contributed by atoms with Gasteiger partial charge in [0.25, 0.3) is 0 Å². The minimum absolute atomic E-state index is 0.196. The van der Waals surface area contributed by atoms with E-state index >= 15 is 0 Å². The molecule has 0 saturated carbocycles. The maximum atomic E-state index is 13.3. The van der Waals surface area contributed by atoms with Crippen molar-refractivity contribution < 1.29 is 8.78 Å². The molecule has 0 spiro atoms. The summed E-state index contributed by atoms with van der Waals surface area (Å²) in [5.74, 6) is -0.278. The van der Waals surface area contributed by atoms with Crippen LogP contribution in [-0.4, -0.2) is 12.0 Å². The number of benzene rings is 1. The Balaban J connectivity index is 2.48. The summed E-state index contributed by atoms with van der Waals surface area (Å²) in [4.78, 5) is 4.10. The topological polar surface area (TPSA) is 24.9 Å². The van der Waals surface area contributed by atoms with Gasteiger partial charge in [-0.1, -0.05) is 0 Å². The molecule has 0 unspecified atom stereocenters. The number of aromatic nitrogens is 1. The van der Waals surface area contributed by atoms with Gasteiger partial charge in [0.05, 0.1) is 0 Å². The third-order valence-corrected chi connectivity index (χ3v) is 2.79. The van der Waals surface area contributed by atoms with E-state index < -0.39 is 11.6 Å². The lowest BCUT2D eigenvalue weighted by Crippen LogP contribution is -1.89. The van der Waals surface area contributed by atoms with Crippen molar-refractivity contribution in [3.63, 3.8) is 0 Å². The molecule has 0 bridgehead atoms. The van der Waals surface area contributed by atoms with Crippen molar-refractivity contribution in [2.24, 2.45) is 0 Å². The van der Waals surface area contributed by atoms with E-state index in [0.717, 1.165) is 18.2 Å². The van der Waals surface area contributed by atoms with E-state index in [1.807, 2.05) is 0 Å². The number of thiazole rings is 1. The molecular formula is C10H8F2N2S. The predicted octanol–water partition coefficient (Wildman–Crippen LogP) is 3.13. The molecule has 0 aliphatic carbocycles. The third kappa shape index (κ3) is 1.97. The van der Waals surface area contributed by atoms with Crippen LogP contribution >= 0.6 is 11.3 Å². The highest BCUT2D eigenvalue weighted by atomic mass is 32.1. The van der Waals surface area contributed by atoms with Gasteiger partial charge in [0.1, 0.15) is 22.5 Å². The van der Waals surface area contributed by atoms with E-state index in [4.69, 9.17) is 0 Å². The van der Waals surface area contributed by atoms with Crippen molar-refractivity contribution in [3.8, 4) is 10.6 Å². The molecule has 0 aliphatic heterocycles. The number of rotatable bonds is 2. The highest BCUT2D eigenvalue weighted by Gasteiger charge is 2.10. The van der Waals surface area contributed by atoms with Crippen LogP contribution in [0.15, 0.2) is 23.6 Å². The molecule has 2 nitrogen and oxygen atoms in total. The summed E-state index contributed by atoms with van der Waals surface area (Å²) >= 11 is 1.27. The molecule has 78 valence electrons. The molecule has 1 N–H and O–H groups in total. The zero-order chi connectivity index (χ0) is 10.8. The van der Waals surface area contributed by atoms with Crippen molar-refractivity contribution >= 4 is 17.2 Å². The van der Waals surface area contributed by atoms with E-state index in [1.165, 1.54) is 11.3 Å². The first-order valence-electron chi connectivity index (χ1n) is 4.29. The number of hydrogen-bond donors (Lipinski definition) is 1. The molecule has 0 aliphatic rings. The van der Waals surface area contributed by atoms with Crippen LogP contribution in [0, 0.1) is 11.6 Å². The maximum Gasteiger partial charge on any atom is 0.137 e. The van der Waals surface area contributed by atoms with Gasteiger partial charge in [0, 0.05) is 18.0 Å². The number of halogens is 2. The van der Waals surface area contributed by atoms with Gasteiger partial charge in [0.2, 0.25) is 0 Å². The quantitative estimate of drug-likeness (QED) is 0.851. The molecule has 2 aromatic rings. The number of nitrogens with one attached hydrogen (secondary N) is 1. The highest BCUT2D eigenvalue weighted by Crippen LogP contribution is 2.28. The number of anilines is 1. The summed E-state index contributed by atoms with van der Waals surface area (Å²) in [6.07, 6.45) is 0. The standard InChI is InChI=1S/C10H8F2N2S/c1-13-9-5-15-10(14-9)7-4-6(11)2-3-8(7)12/h2-5,13H,1H3. The van der Waals surface area contributed by atoms with Crippen LogP contribution in [-0.2, 0) is 0 Å². The molecule has 1 aromatic heterocycles. The zero-order valence-electron chi connectivity index (χ0n) is 7.92. The highest BCUT2D eigenvalue weighted by molar-refractivity contribution is 7.13. The molecule has 0 saturated heterocycles. The number of hydrogen-bond acceptors (Lipinski definition) is 3. The Labute approximate surface area is 89.6 Å². The van der Waals surface area contributed by atoms with Crippen molar-refractivity contribution in [3.05, 3.63) is 35.2 Å². The molecular weight excluding hydrogens is 218 g/mol. The summed E-state index contributed by atoms with van der Waals surface area (Å²) in [6.45, 7) is 0. The zero-order valence-corrected chi connectivity index (χ0v) is 8.74. The van der Waals surface area contributed by atoms with Crippen molar-refractivity contribution in [1.82, 2.24) is 4.98 Å². The largest absolute Gasteiger partial charge is 0.372 e. The van der Waals surface area contributed by atoms with Crippen LogP contribution in [0.2, 0.25) is 0 Å². The molecule has 2 rings (SSSR count). The van der Waals surface area contributed by atoms with Gasteiger partial charge >= 0.3 is 0 Å². The fourth-order valence-corrected chi connectivity index (χ4v) is 2.00. The molecule has 0 amide bonds. The van der Waals surface area contributed by atoms with Crippen LogP contribution in [0.1, 0.15) is 0 Å². The second-order valence-corrected chi connectivity index (χ2v) is 3.77. The van der Waals surface area contributed by atoms with Crippen LogP contribution in [0.4, 0.5) is 14.6 Å². The average Bonchev–Trinajstić information content (AvgIpc) is 2.70. The average molecular weight is 226 g/mol. The Morgan fingerprint density at radius 2 is 2.13 bits per heavy atom. The van der Waals surface area contributed by atoms with Crippen LogP contribution < -0.4 is 5.32 Å². The first-order valence-corrected chi connectivity index (χ1v) is 5.17. The Hall–Kier alpha value is -1.49. The van der Waals surface area contributed by atoms with Crippen molar-refractivity contribution in [1.29, 1.82) is 0 Å². The van der Waals surface area contributed by atoms with E-state index in [2.05, 4.69) is 10.3 Å². The van der Waals surface area contributed by atoms with Crippen LogP contribution in [0.5, 0.6) is 0 Å². The third-order valence-electron chi connectivity index (χ3n) is 1.92. The van der Waals surface area contributed by atoms with E-state index in [-0.39, 0.29) is 5.56 Å².